The number of carbonyl (C=O) groups is 1. The molecular weight excluding hydrogens is 176 g/mol. The highest BCUT2D eigenvalue weighted by Crippen LogP contribution is 2.30. The van der Waals surface area contributed by atoms with Gasteiger partial charge in [-0.25, -0.2) is 0 Å². The van der Waals surface area contributed by atoms with Gasteiger partial charge < -0.3 is 10.2 Å². The molecule has 1 N–H and O–H groups in total. The first-order valence-corrected chi connectivity index (χ1v) is 5.75. The van der Waals surface area contributed by atoms with E-state index in [-0.39, 0.29) is 0 Å². The summed E-state index contributed by atoms with van der Waals surface area (Å²) in [4.78, 5) is 13.6. The Hall–Kier alpha value is -0.570. The topological polar surface area (TPSA) is 32.3 Å². The van der Waals surface area contributed by atoms with E-state index in [0.717, 1.165) is 19.0 Å². The molecule has 0 aromatic rings. The quantitative estimate of drug-likeness (QED) is 0.678. The van der Waals surface area contributed by atoms with Crippen LogP contribution in [0.5, 0.6) is 0 Å². The number of nitrogens with one attached hydrogen (secondary N) is 1. The number of rotatable bonds is 1. The van der Waals surface area contributed by atoms with Crippen LogP contribution in [0.4, 0.5) is 0 Å². The van der Waals surface area contributed by atoms with Gasteiger partial charge in [0.15, 0.2) is 0 Å². The maximum atomic E-state index is 11.7. The minimum absolute atomic E-state index is 0.312. The van der Waals surface area contributed by atoms with E-state index in [1.54, 1.807) is 0 Å². The molecule has 0 bridgehead atoms. The molecule has 0 radical (unpaired) electrons. The van der Waals surface area contributed by atoms with Crippen molar-refractivity contribution in [2.75, 3.05) is 20.1 Å². The molecule has 2 fully saturated rings. The fourth-order valence-electron chi connectivity index (χ4n) is 2.77. The van der Waals surface area contributed by atoms with Gasteiger partial charge in [0.2, 0.25) is 5.91 Å². The molecule has 1 aliphatic heterocycles. The van der Waals surface area contributed by atoms with E-state index in [2.05, 4.69) is 5.32 Å². The van der Waals surface area contributed by atoms with Crippen molar-refractivity contribution in [3.63, 3.8) is 0 Å². The van der Waals surface area contributed by atoms with Crippen LogP contribution >= 0.6 is 0 Å². The Balaban J connectivity index is 2.03. The molecule has 1 aliphatic carbocycles. The van der Waals surface area contributed by atoms with E-state index < -0.39 is 0 Å². The number of hydrogen-bond donors (Lipinski definition) is 1. The van der Waals surface area contributed by atoms with E-state index in [9.17, 15) is 4.79 Å². The van der Waals surface area contributed by atoms with E-state index in [0.29, 0.717) is 18.4 Å². The third-order valence-corrected chi connectivity index (χ3v) is 3.70. The fraction of sp³-hybridized carbons (Fsp3) is 0.909. The molecule has 3 heteroatoms. The summed E-state index contributed by atoms with van der Waals surface area (Å²) >= 11 is 0. The largest absolute Gasteiger partial charge is 0.341 e. The number of hydrogen-bond acceptors (Lipinski definition) is 2. The van der Waals surface area contributed by atoms with Crippen LogP contribution in [0, 0.1) is 5.92 Å². The van der Waals surface area contributed by atoms with Crippen LogP contribution in [0.1, 0.15) is 32.1 Å². The molecule has 14 heavy (non-hydrogen) atoms. The predicted molar refractivity (Wildman–Crippen MR) is 56.0 cm³/mol. The second-order valence-corrected chi connectivity index (χ2v) is 4.57. The second-order valence-electron chi connectivity index (χ2n) is 4.57. The first kappa shape index (κ1) is 9.97. The SMILES string of the molecule is CN1C(=O)CCNCC1C1CCCC1. The summed E-state index contributed by atoms with van der Waals surface area (Å²) < 4.78 is 0. The van der Waals surface area contributed by atoms with E-state index in [4.69, 9.17) is 0 Å². The summed E-state index contributed by atoms with van der Waals surface area (Å²) in [6.45, 7) is 1.85. The molecule has 1 saturated heterocycles. The van der Waals surface area contributed by atoms with Crippen LogP contribution in [0.25, 0.3) is 0 Å². The summed E-state index contributed by atoms with van der Waals surface area (Å²) in [5, 5.41) is 3.37. The highest BCUT2D eigenvalue weighted by atomic mass is 16.2. The van der Waals surface area contributed by atoms with Crippen molar-refractivity contribution in [1.82, 2.24) is 10.2 Å². The minimum atomic E-state index is 0.312. The molecule has 1 heterocycles. The minimum Gasteiger partial charge on any atom is -0.341 e. The Bertz CT molecular complexity index is 211. The monoisotopic (exact) mass is 196 g/mol. The summed E-state index contributed by atoms with van der Waals surface area (Å²) in [5.41, 5.74) is 0. The van der Waals surface area contributed by atoms with Gasteiger partial charge in [-0.3, -0.25) is 4.79 Å². The molecule has 3 nitrogen and oxygen atoms in total. The second kappa shape index (κ2) is 4.30. The van der Waals surface area contributed by atoms with E-state index in [1.165, 1.54) is 25.7 Å². The molecule has 1 amide bonds. The first-order valence-electron chi connectivity index (χ1n) is 5.75. The van der Waals surface area contributed by atoms with E-state index in [1.807, 2.05) is 11.9 Å². The molecule has 1 atom stereocenters. The van der Waals surface area contributed by atoms with Crippen LogP contribution in [0.3, 0.4) is 0 Å². The summed E-state index contributed by atoms with van der Waals surface area (Å²) in [6, 6.07) is 0.451. The Kier molecular flexibility index (Phi) is 3.06. The zero-order valence-corrected chi connectivity index (χ0v) is 8.96. The maximum absolute atomic E-state index is 11.7. The molecule has 1 unspecified atom stereocenters. The average molecular weight is 196 g/mol. The van der Waals surface area contributed by atoms with Crippen molar-refractivity contribution in [2.45, 2.75) is 38.1 Å². The van der Waals surface area contributed by atoms with Crippen molar-refractivity contribution < 1.29 is 4.79 Å². The molecule has 2 aliphatic rings. The number of amides is 1. The van der Waals surface area contributed by atoms with Gasteiger partial charge in [-0.05, 0) is 18.8 Å². The van der Waals surface area contributed by atoms with Gasteiger partial charge in [0, 0.05) is 32.6 Å². The van der Waals surface area contributed by atoms with Crippen LogP contribution in [-0.4, -0.2) is 37.0 Å². The van der Waals surface area contributed by atoms with Gasteiger partial charge in [0.1, 0.15) is 0 Å². The van der Waals surface area contributed by atoms with Crippen molar-refractivity contribution in [1.29, 1.82) is 0 Å². The van der Waals surface area contributed by atoms with Gasteiger partial charge in [-0.2, -0.15) is 0 Å². The summed E-state index contributed by atoms with van der Waals surface area (Å²) in [5.74, 6) is 1.06. The third kappa shape index (κ3) is 1.92. The maximum Gasteiger partial charge on any atom is 0.223 e. The molecule has 0 spiro atoms. The molecular formula is C11H20N2O. The first-order chi connectivity index (χ1) is 6.79. The lowest BCUT2D eigenvalue weighted by Gasteiger charge is -2.30. The Morgan fingerprint density at radius 1 is 1.36 bits per heavy atom. The molecule has 0 aromatic heterocycles. The molecule has 2 rings (SSSR count). The molecule has 1 saturated carbocycles. The third-order valence-electron chi connectivity index (χ3n) is 3.70. The summed E-state index contributed by atoms with van der Waals surface area (Å²) in [6.07, 6.45) is 5.99. The standard InChI is InChI=1S/C11H20N2O/c1-13-10(9-4-2-3-5-9)8-12-7-6-11(13)14/h9-10,12H,2-8H2,1H3. The van der Waals surface area contributed by atoms with Crippen molar-refractivity contribution in [2.24, 2.45) is 5.92 Å². The lowest BCUT2D eigenvalue weighted by molar-refractivity contribution is -0.131. The molecule has 80 valence electrons. The highest BCUT2D eigenvalue weighted by Gasteiger charge is 2.31. The van der Waals surface area contributed by atoms with Gasteiger partial charge in [0.25, 0.3) is 0 Å². The predicted octanol–water partition coefficient (Wildman–Crippen LogP) is 0.997. The Labute approximate surface area is 85.8 Å². The normalized spacial score (nSPS) is 30.8. The Morgan fingerprint density at radius 3 is 2.79 bits per heavy atom. The van der Waals surface area contributed by atoms with Crippen LogP contribution < -0.4 is 5.32 Å². The number of nitrogens with zero attached hydrogens (tertiary/aromatic N) is 1. The zero-order valence-electron chi connectivity index (χ0n) is 8.96. The Morgan fingerprint density at radius 2 is 2.07 bits per heavy atom. The number of likely N-dealkylation sites (N-methyl/N-ethyl adjacent to an activating group) is 1. The smallest absolute Gasteiger partial charge is 0.223 e. The summed E-state index contributed by atoms with van der Waals surface area (Å²) in [7, 11) is 1.97. The zero-order chi connectivity index (χ0) is 9.97. The van der Waals surface area contributed by atoms with E-state index >= 15 is 0 Å². The van der Waals surface area contributed by atoms with Crippen LogP contribution in [0.2, 0.25) is 0 Å². The van der Waals surface area contributed by atoms with Crippen molar-refractivity contribution in [3.8, 4) is 0 Å². The van der Waals surface area contributed by atoms with Gasteiger partial charge in [-0.1, -0.05) is 12.8 Å². The number of carbonyl (C=O) groups excluding carboxylic acids is 1. The lowest BCUT2D eigenvalue weighted by Crippen LogP contribution is -2.43. The van der Waals surface area contributed by atoms with Gasteiger partial charge in [0.05, 0.1) is 0 Å². The van der Waals surface area contributed by atoms with Crippen LogP contribution in [0.15, 0.2) is 0 Å². The lowest BCUT2D eigenvalue weighted by atomic mass is 9.97. The van der Waals surface area contributed by atoms with Crippen molar-refractivity contribution in [3.05, 3.63) is 0 Å². The van der Waals surface area contributed by atoms with Gasteiger partial charge >= 0.3 is 0 Å². The average Bonchev–Trinajstić information content (AvgIpc) is 2.64. The highest BCUT2D eigenvalue weighted by molar-refractivity contribution is 5.76. The van der Waals surface area contributed by atoms with Crippen molar-refractivity contribution >= 4 is 5.91 Å². The van der Waals surface area contributed by atoms with Gasteiger partial charge in [-0.15, -0.1) is 0 Å². The molecule has 0 aromatic carbocycles. The van der Waals surface area contributed by atoms with Crippen LogP contribution in [-0.2, 0) is 4.79 Å². The fourth-order valence-corrected chi connectivity index (χ4v) is 2.77.